The van der Waals surface area contributed by atoms with Crippen LogP contribution in [-0.4, -0.2) is 48.3 Å². The molecule has 1 aliphatic rings. The molecule has 4 N–H and O–H groups in total. The summed E-state index contributed by atoms with van der Waals surface area (Å²) in [5.41, 5.74) is 2.02. The fourth-order valence-corrected chi connectivity index (χ4v) is 3.57. The number of ether oxygens (including phenoxy) is 1. The van der Waals surface area contributed by atoms with Gasteiger partial charge >= 0.3 is 17.9 Å². The molecule has 1 atom stereocenters. The number of carbonyl (C=O) groups excluding carboxylic acids is 1. The number of dihydropyridines is 1. The van der Waals surface area contributed by atoms with Crippen LogP contribution in [0.2, 0.25) is 0 Å². The molecule has 0 saturated heterocycles. The number of hydrogen-bond acceptors (Lipinski definition) is 6. The van der Waals surface area contributed by atoms with Crippen LogP contribution in [0.25, 0.3) is 6.08 Å². The average Bonchev–Trinajstić information content (AvgIpc) is 2.71. The molecule has 8 nitrogen and oxygen atoms in total. The van der Waals surface area contributed by atoms with Gasteiger partial charge in [-0.15, -0.1) is 0 Å². The Labute approximate surface area is 181 Å². The van der Waals surface area contributed by atoms with E-state index in [1.165, 1.54) is 0 Å². The van der Waals surface area contributed by atoms with Crippen molar-refractivity contribution in [2.75, 3.05) is 20.2 Å². The standard InChI is InChI=1S/C23H28N2O6/c1-5-10-31-23(30)13(2)11-15-8-6-7-9-16(15)19-18(21(26)27)14(3)25-17(12-24-4)20(19)22(28)29/h6-9,11,19,24-25H,5,10,12H2,1-4H3,(H,26,27)(H,28,29)/b13-11+. The lowest BCUT2D eigenvalue weighted by molar-refractivity contribution is -0.139. The first-order chi connectivity index (χ1) is 14.7. The lowest BCUT2D eigenvalue weighted by atomic mass is 9.78. The van der Waals surface area contributed by atoms with E-state index in [1.54, 1.807) is 51.2 Å². The number of carboxylic acids is 2. The zero-order chi connectivity index (χ0) is 23.1. The van der Waals surface area contributed by atoms with E-state index < -0.39 is 23.8 Å². The van der Waals surface area contributed by atoms with Crippen molar-refractivity contribution in [3.05, 3.63) is 63.5 Å². The van der Waals surface area contributed by atoms with Crippen LogP contribution in [0, 0.1) is 0 Å². The summed E-state index contributed by atoms with van der Waals surface area (Å²) in [6.07, 6.45) is 2.29. The monoisotopic (exact) mass is 428 g/mol. The molecule has 166 valence electrons. The Morgan fingerprint density at radius 1 is 1.16 bits per heavy atom. The van der Waals surface area contributed by atoms with Crippen LogP contribution in [0.3, 0.4) is 0 Å². The summed E-state index contributed by atoms with van der Waals surface area (Å²) in [5, 5.41) is 25.7. The van der Waals surface area contributed by atoms with Gasteiger partial charge in [0.25, 0.3) is 0 Å². The summed E-state index contributed by atoms with van der Waals surface area (Å²) in [7, 11) is 1.68. The smallest absolute Gasteiger partial charge is 0.334 e. The Bertz CT molecular complexity index is 974. The maximum Gasteiger partial charge on any atom is 0.334 e. The van der Waals surface area contributed by atoms with Gasteiger partial charge in [0.05, 0.1) is 23.7 Å². The lowest BCUT2D eigenvalue weighted by Crippen LogP contribution is -2.35. The van der Waals surface area contributed by atoms with E-state index in [0.29, 0.717) is 41.1 Å². The third kappa shape index (κ3) is 5.40. The molecule has 1 aromatic carbocycles. The summed E-state index contributed by atoms with van der Waals surface area (Å²) in [6, 6.07) is 6.87. The summed E-state index contributed by atoms with van der Waals surface area (Å²) in [4.78, 5) is 36.6. The highest BCUT2D eigenvalue weighted by atomic mass is 16.5. The van der Waals surface area contributed by atoms with Crippen molar-refractivity contribution >= 4 is 24.0 Å². The third-order valence-corrected chi connectivity index (χ3v) is 4.90. The second-order valence-electron chi connectivity index (χ2n) is 7.22. The number of hydrogen-bond donors (Lipinski definition) is 4. The molecule has 8 heteroatoms. The Kier molecular flexibility index (Phi) is 8.15. The van der Waals surface area contributed by atoms with E-state index in [1.807, 2.05) is 6.92 Å². The first-order valence-electron chi connectivity index (χ1n) is 9.99. The zero-order valence-corrected chi connectivity index (χ0v) is 18.1. The van der Waals surface area contributed by atoms with Gasteiger partial charge in [-0.2, -0.15) is 0 Å². The fraction of sp³-hybridized carbons (Fsp3) is 0.348. The Balaban J connectivity index is 2.70. The van der Waals surface area contributed by atoms with Crippen molar-refractivity contribution in [3.8, 4) is 0 Å². The SMILES string of the molecule is CCCOC(=O)/C(C)=C/c1ccccc1C1C(C(=O)O)=C(C)NC(CNC)=C1C(=O)O. The van der Waals surface area contributed by atoms with Crippen LogP contribution in [0.15, 0.2) is 52.4 Å². The Morgan fingerprint density at radius 3 is 2.39 bits per heavy atom. The average molecular weight is 428 g/mol. The molecule has 0 radical (unpaired) electrons. The Morgan fingerprint density at radius 2 is 1.81 bits per heavy atom. The highest BCUT2D eigenvalue weighted by Gasteiger charge is 2.38. The highest BCUT2D eigenvalue weighted by Crippen LogP contribution is 2.40. The first-order valence-corrected chi connectivity index (χ1v) is 9.99. The van der Waals surface area contributed by atoms with Gasteiger partial charge in [0.15, 0.2) is 0 Å². The number of rotatable bonds is 9. The molecule has 0 fully saturated rings. The third-order valence-electron chi connectivity index (χ3n) is 4.90. The molecule has 0 amide bonds. The van der Waals surface area contributed by atoms with Crippen LogP contribution in [0.1, 0.15) is 44.2 Å². The van der Waals surface area contributed by atoms with Crippen molar-refractivity contribution < 1.29 is 29.3 Å². The number of nitrogens with one attached hydrogen (secondary N) is 2. The minimum Gasteiger partial charge on any atom is -0.478 e. The van der Waals surface area contributed by atoms with E-state index in [0.717, 1.165) is 0 Å². The maximum atomic E-state index is 12.2. The molecule has 0 aliphatic carbocycles. The van der Waals surface area contributed by atoms with Crippen LogP contribution >= 0.6 is 0 Å². The van der Waals surface area contributed by atoms with Crippen LogP contribution < -0.4 is 10.6 Å². The van der Waals surface area contributed by atoms with E-state index in [9.17, 15) is 24.6 Å². The number of allylic oxidation sites excluding steroid dienone is 1. The molecular weight excluding hydrogens is 400 g/mol. The quantitative estimate of drug-likeness (QED) is 0.349. The molecule has 1 unspecified atom stereocenters. The molecule has 31 heavy (non-hydrogen) atoms. The fourth-order valence-electron chi connectivity index (χ4n) is 3.57. The van der Waals surface area contributed by atoms with Crippen molar-refractivity contribution in [1.29, 1.82) is 0 Å². The summed E-state index contributed by atoms with van der Waals surface area (Å²) >= 11 is 0. The molecule has 1 heterocycles. The number of benzene rings is 1. The predicted octanol–water partition coefficient (Wildman–Crippen LogP) is 2.65. The van der Waals surface area contributed by atoms with Gasteiger partial charge in [-0.05, 0) is 44.5 Å². The number of esters is 1. The van der Waals surface area contributed by atoms with Gasteiger partial charge in [0, 0.05) is 23.5 Å². The van der Waals surface area contributed by atoms with Crippen molar-refractivity contribution in [3.63, 3.8) is 0 Å². The minimum atomic E-state index is -1.22. The van der Waals surface area contributed by atoms with E-state index in [-0.39, 0.29) is 17.7 Å². The van der Waals surface area contributed by atoms with E-state index in [2.05, 4.69) is 10.6 Å². The minimum absolute atomic E-state index is 0.0515. The number of likely N-dealkylation sites (N-methyl/N-ethyl adjacent to an activating group) is 1. The normalized spacial score (nSPS) is 16.8. The lowest BCUT2D eigenvalue weighted by Gasteiger charge is -2.31. The Hall–Kier alpha value is -3.39. The summed E-state index contributed by atoms with van der Waals surface area (Å²) in [5.74, 6) is -3.93. The van der Waals surface area contributed by atoms with Crippen molar-refractivity contribution in [2.45, 2.75) is 33.1 Å². The molecule has 1 aliphatic heterocycles. The second kappa shape index (κ2) is 10.6. The van der Waals surface area contributed by atoms with Crippen molar-refractivity contribution in [2.24, 2.45) is 0 Å². The molecule has 0 bridgehead atoms. The number of carbonyl (C=O) groups is 3. The molecule has 0 aromatic heterocycles. The van der Waals surface area contributed by atoms with Gasteiger partial charge < -0.3 is 25.6 Å². The van der Waals surface area contributed by atoms with E-state index >= 15 is 0 Å². The zero-order valence-electron chi connectivity index (χ0n) is 18.1. The van der Waals surface area contributed by atoms with Gasteiger partial charge in [-0.3, -0.25) is 0 Å². The molecule has 2 rings (SSSR count). The van der Waals surface area contributed by atoms with Gasteiger partial charge in [-0.25, -0.2) is 14.4 Å². The molecule has 1 aromatic rings. The second-order valence-corrected chi connectivity index (χ2v) is 7.22. The number of aliphatic carboxylic acids is 2. The van der Waals surface area contributed by atoms with Crippen molar-refractivity contribution in [1.82, 2.24) is 10.6 Å². The largest absolute Gasteiger partial charge is 0.478 e. The van der Waals surface area contributed by atoms with Gasteiger partial charge in [-0.1, -0.05) is 31.2 Å². The predicted molar refractivity (Wildman–Crippen MR) is 116 cm³/mol. The molecule has 0 saturated carbocycles. The van der Waals surface area contributed by atoms with E-state index in [4.69, 9.17) is 4.74 Å². The maximum absolute atomic E-state index is 12.2. The summed E-state index contributed by atoms with van der Waals surface area (Å²) < 4.78 is 5.16. The summed E-state index contributed by atoms with van der Waals surface area (Å²) in [6.45, 7) is 5.63. The molecular formula is C23H28N2O6. The highest BCUT2D eigenvalue weighted by molar-refractivity contribution is 5.99. The van der Waals surface area contributed by atoms with Gasteiger partial charge in [0.1, 0.15) is 0 Å². The topological polar surface area (TPSA) is 125 Å². The number of carboxylic acid groups (broad SMARTS) is 2. The molecule has 0 spiro atoms. The first kappa shape index (κ1) is 23.9. The van der Waals surface area contributed by atoms with Crippen LogP contribution in [0.5, 0.6) is 0 Å². The van der Waals surface area contributed by atoms with Crippen LogP contribution in [-0.2, 0) is 19.1 Å². The van der Waals surface area contributed by atoms with Crippen LogP contribution in [0.4, 0.5) is 0 Å². The van der Waals surface area contributed by atoms with Gasteiger partial charge in [0.2, 0.25) is 0 Å².